The minimum atomic E-state index is -0.869. The first kappa shape index (κ1) is 11.2. The van der Waals surface area contributed by atoms with Gasteiger partial charge in [0.2, 0.25) is 0 Å². The highest BCUT2D eigenvalue weighted by molar-refractivity contribution is 9.11. The van der Waals surface area contributed by atoms with Crippen LogP contribution in [0.25, 0.3) is 0 Å². The van der Waals surface area contributed by atoms with Gasteiger partial charge in [0.15, 0.2) is 0 Å². The number of benzene rings is 1. The van der Waals surface area contributed by atoms with Crippen LogP contribution in [-0.4, -0.2) is 24.2 Å². The third-order valence-corrected chi connectivity index (χ3v) is 2.93. The summed E-state index contributed by atoms with van der Waals surface area (Å²) < 4.78 is 0.933. The summed E-state index contributed by atoms with van der Waals surface area (Å²) in [6.45, 7) is 5.50. The van der Waals surface area contributed by atoms with Gasteiger partial charge in [-0.1, -0.05) is 22.5 Å². The maximum absolute atomic E-state index is 10.8. The van der Waals surface area contributed by atoms with Gasteiger partial charge in [-0.05, 0) is 30.2 Å². The van der Waals surface area contributed by atoms with E-state index >= 15 is 0 Å². The SMILES string of the molecule is C=C(Br)CN1CCc2cc(C(=O)O)ccc21. The van der Waals surface area contributed by atoms with E-state index in [1.807, 2.05) is 6.07 Å². The Morgan fingerprint density at radius 1 is 1.56 bits per heavy atom. The first-order valence-corrected chi connectivity index (χ1v) is 5.81. The third-order valence-electron chi connectivity index (χ3n) is 2.68. The lowest BCUT2D eigenvalue weighted by molar-refractivity contribution is 0.0697. The van der Waals surface area contributed by atoms with Gasteiger partial charge in [0.25, 0.3) is 0 Å². The van der Waals surface area contributed by atoms with Gasteiger partial charge in [-0.25, -0.2) is 4.79 Å². The number of hydrogen-bond acceptors (Lipinski definition) is 2. The number of halogens is 1. The van der Waals surface area contributed by atoms with Crippen molar-refractivity contribution in [1.82, 2.24) is 0 Å². The van der Waals surface area contributed by atoms with E-state index in [4.69, 9.17) is 5.11 Å². The highest BCUT2D eigenvalue weighted by atomic mass is 79.9. The van der Waals surface area contributed by atoms with Crippen molar-refractivity contribution in [1.29, 1.82) is 0 Å². The van der Waals surface area contributed by atoms with Crippen LogP contribution >= 0.6 is 15.9 Å². The Labute approximate surface area is 103 Å². The van der Waals surface area contributed by atoms with Crippen molar-refractivity contribution < 1.29 is 9.90 Å². The summed E-state index contributed by atoms with van der Waals surface area (Å²) in [4.78, 5) is 13.0. The van der Waals surface area contributed by atoms with Crippen molar-refractivity contribution in [3.05, 3.63) is 40.4 Å². The van der Waals surface area contributed by atoms with Gasteiger partial charge in [0, 0.05) is 23.3 Å². The quantitative estimate of drug-likeness (QED) is 0.926. The minimum Gasteiger partial charge on any atom is -0.478 e. The van der Waals surface area contributed by atoms with Crippen molar-refractivity contribution in [2.24, 2.45) is 0 Å². The number of rotatable bonds is 3. The molecule has 0 aliphatic carbocycles. The van der Waals surface area contributed by atoms with E-state index in [0.717, 1.165) is 35.2 Å². The van der Waals surface area contributed by atoms with Crippen molar-refractivity contribution >= 4 is 27.6 Å². The molecule has 16 heavy (non-hydrogen) atoms. The van der Waals surface area contributed by atoms with Crippen LogP contribution in [0.1, 0.15) is 15.9 Å². The number of fused-ring (bicyclic) bond motifs is 1. The fourth-order valence-electron chi connectivity index (χ4n) is 1.97. The van der Waals surface area contributed by atoms with Gasteiger partial charge in [-0.15, -0.1) is 0 Å². The zero-order valence-electron chi connectivity index (χ0n) is 8.74. The lowest BCUT2D eigenvalue weighted by Crippen LogP contribution is -2.21. The van der Waals surface area contributed by atoms with Crippen LogP contribution in [0, 0.1) is 0 Å². The van der Waals surface area contributed by atoms with Crippen LogP contribution < -0.4 is 4.90 Å². The number of hydrogen-bond donors (Lipinski definition) is 1. The lowest BCUT2D eigenvalue weighted by atomic mass is 10.1. The fourth-order valence-corrected chi connectivity index (χ4v) is 2.28. The Morgan fingerprint density at radius 3 is 2.94 bits per heavy atom. The van der Waals surface area contributed by atoms with Gasteiger partial charge in [-0.3, -0.25) is 0 Å². The van der Waals surface area contributed by atoms with E-state index in [0.29, 0.717) is 5.56 Å². The molecule has 0 aromatic heterocycles. The van der Waals surface area contributed by atoms with E-state index in [2.05, 4.69) is 27.4 Å². The van der Waals surface area contributed by atoms with Gasteiger partial charge in [0.05, 0.1) is 5.56 Å². The van der Waals surface area contributed by atoms with Crippen LogP contribution in [-0.2, 0) is 6.42 Å². The maximum Gasteiger partial charge on any atom is 0.335 e. The molecule has 0 spiro atoms. The number of carboxylic acids is 1. The molecule has 1 heterocycles. The number of anilines is 1. The van der Waals surface area contributed by atoms with Crippen LogP contribution in [0.5, 0.6) is 0 Å². The molecule has 3 nitrogen and oxygen atoms in total. The summed E-state index contributed by atoms with van der Waals surface area (Å²) in [6, 6.07) is 5.28. The van der Waals surface area contributed by atoms with Crippen LogP contribution in [0.2, 0.25) is 0 Å². The topological polar surface area (TPSA) is 40.5 Å². The number of aromatic carboxylic acids is 1. The molecule has 1 aromatic rings. The predicted molar refractivity (Wildman–Crippen MR) is 67.4 cm³/mol. The second-order valence-corrected chi connectivity index (χ2v) is 4.96. The molecule has 1 aliphatic heterocycles. The summed E-state index contributed by atoms with van der Waals surface area (Å²) >= 11 is 3.34. The highest BCUT2D eigenvalue weighted by Crippen LogP contribution is 2.29. The summed E-state index contributed by atoms with van der Waals surface area (Å²) in [6.07, 6.45) is 0.900. The summed E-state index contributed by atoms with van der Waals surface area (Å²) in [5.74, 6) is -0.869. The van der Waals surface area contributed by atoms with E-state index in [1.54, 1.807) is 12.1 Å². The number of nitrogens with zero attached hydrogens (tertiary/aromatic N) is 1. The fraction of sp³-hybridized carbons (Fsp3) is 0.250. The molecular weight excluding hydrogens is 270 g/mol. The Balaban J connectivity index is 2.28. The molecule has 0 bridgehead atoms. The highest BCUT2D eigenvalue weighted by Gasteiger charge is 2.20. The lowest BCUT2D eigenvalue weighted by Gasteiger charge is -2.18. The summed E-state index contributed by atoms with van der Waals surface area (Å²) in [5.41, 5.74) is 2.58. The number of carboxylic acid groups (broad SMARTS) is 1. The van der Waals surface area contributed by atoms with Gasteiger partial charge >= 0.3 is 5.97 Å². The van der Waals surface area contributed by atoms with E-state index < -0.39 is 5.97 Å². The second-order valence-electron chi connectivity index (χ2n) is 3.84. The molecule has 1 N–H and O–H groups in total. The van der Waals surface area contributed by atoms with E-state index in [-0.39, 0.29) is 0 Å². The monoisotopic (exact) mass is 281 g/mol. The van der Waals surface area contributed by atoms with E-state index in [9.17, 15) is 4.79 Å². The molecule has 1 aromatic carbocycles. The molecule has 0 unspecified atom stereocenters. The largest absolute Gasteiger partial charge is 0.478 e. The van der Waals surface area contributed by atoms with Gasteiger partial charge < -0.3 is 10.0 Å². The standard InChI is InChI=1S/C12H12BrNO2/c1-8(13)7-14-5-4-9-6-10(12(15)16)2-3-11(9)14/h2-3,6H,1,4-5,7H2,(H,15,16). The summed E-state index contributed by atoms with van der Waals surface area (Å²) in [7, 11) is 0. The molecule has 0 amide bonds. The minimum absolute atomic E-state index is 0.360. The third kappa shape index (κ3) is 2.11. The van der Waals surface area contributed by atoms with Crippen molar-refractivity contribution in [2.45, 2.75) is 6.42 Å². The van der Waals surface area contributed by atoms with Crippen molar-refractivity contribution in [3.63, 3.8) is 0 Å². The molecule has 0 fully saturated rings. The molecule has 0 saturated heterocycles. The Hall–Kier alpha value is -1.29. The molecular formula is C12H12BrNO2. The molecule has 4 heteroatoms. The molecule has 0 atom stereocenters. The average Bonchev–Trinajstić information content (AvgIpc) is 2.60. The molecule has 0 radical (unpaired) electrons. The Bertz CT molecular complexity index is 456. The summed E-state index contributed by atoms with van der Waals surface area (Å²) in [5, 5.41) is 8.89. The normalized spacial score (nSPS) is 13.7. The van der Waals surface area contributed by atoms with Crippen molar-refractivity contribution in [3.8, 4) is 0 Å². The zero-order chi connectivity index (χ0) is 11.7. The number of carbonyl (C=O) groups is 1. The Morgan fingerprint density at radius 2 is 2.31 bits per heavy atom. The van der Waals surface area contributed by atoms with Crippen molar-refractivity contribution in [2.75, 3.05) is 18.0 Å². The second kappa shape index (κ2) is 4.29. The van der Waals surface area contributed by atoms with E-state index in [1.165, 1.54) is 0 Å². The zero-order valence-corrected chi connectivity index (χ0v) is 10.3. The molecule has 2 rings (SSSR count). The average molecular weight is 282 g/mol. The van der Waals surface area contributed by atoms with Gasteiger partial charge in [0.1, 0.15) is 0 Å². The predicted octanol–water partition coefficient (Wildman–Crippen LogP) is 2.66. The smallest absolute Gasteiger partial charge is 0.335 e. The molecule has 84 valence electrons. The first-order chi connectivity index (χ1) is 7.58. The Kier molecular flexibility index (Phi) is 3.01. The molecule has 0 saturated carbocycles. The van der Waals surface area contributed by atoms with Gasteiger partial charge in [-0.2, -0.15) is 0 Å². The van der Waals surface area contributed by atoms with Crippen LogP contribution in [0.4, 0.5) is 5.69 Å². The first-order valence-electron chi connectivity index (χ1n) is 5.02. The molecule has 1 aliphatic rings. The van der Waals surface area contributed by atoms with Crippen LogP contribution in [0.15, 0.2) is 29.3 Å². The maximum atomic E-state index is 10.8. The van der Waals surface area contributed by atoms with Crippen LogP contribution in [0.3, 0.4) is 0 Å².